The quantitative estimate of drug-likeness (QED) is 0.678. The highest BCUT2D eigenvalue weighted by Crippen LogP contribution is 2.31. The summed E-state index contributed by atoms with van der Waals surface area (Å²) in [6, 6.07) is 16.3. The number of hydrogen-bond donors (Lipinski definition) is 0. The van der Waals surface area contributed by atoms with Gasteiger partial charge < -0.3 is 0 Å². The van der Waals surface area contributed by atoms with Gasteiger partial charge in [-0.25, -0.2) is 0 Å². The van der Waals surface area contributed by atoms with Crippen LogP contribution < -0.4 is 0 Å². The van der Waals surface area contributed by atoms with Crippen molar-refractivity contribution in [2.75, 3.05) is 0 Å². The Morgan fingerprint density at radius 1 is 1.05 bits per heavy atom. The lowest BCUT2D eigenvalue weighted by Gasteiger charge is -2.23. The highest BCUT2D eigenvalue weighted by atomic mass is 16.1. The van der Waals surface area contributed by atoms with Gasteiger partial charge in [-0.2, -0.15) is 0 Å². The third-order valence-electron chi connectivity index (χ3n) is 4.30. The van der Waals surface area contributed by atoms with Crippen molar-refractivity contribution < 1.29 is 4.79 Å². The first-order chi connectivity index (χ1) is 10.0. The summed E-state index contributed by atoms with van der Waals surface area (Å²) in [5, 5.41) is 0. The van der Waals surface area contributed by atoms with Crippen LogP contribution in [0.1, 0.15) is 53.2 Å². The van der Waals surface area contributed by atoms with Crippen molar-refractivity contribution in [2.24, 2.45) is 5.92 Å². The van der Waals surface area contributed by atoms with Gasteiger partial charge in [-0.1, -0.05) is 74.4 Å². The van der Waals surface area contributed by atoms with E-state index < -0.39 is 0 Å². The summed E-state index contributed by atoms with van der Waals surface area (Å²) in [5.41, 5.74) is 4.25. The third-order valence-corrected chi connectivity index (χ3v) is 4.30. The van der Waals surface area contributed by atoms with E-state index in [0.717, 1.165) is 23.1 Å². The van der Waals surface area contributed by atoms with Crippen molar-refractivity contribution >= 4 is 5.78 Å². The number of carbonyl (C=O) groups is 1. The molecule has 0 radical (unpaired) electrons. The van der Waals surface area contributed by atoms with E-state index in [1.54, 1.807) is 0 Å². The van der Waals surface area contributed by atoms with E-state index in [2.05, 4.69) is 39.0 Å². The standard InChI is InChI=1S/C20H24O/c1-5-15(3)19(17-9-7-6-8-10-17)20(21)18-12-11-14(2)13-16(18)4/h6-13,15,19H,5H2,1-4H3. The van der Waals surface area contributed by atoms with Gasteiger partial charge in [0.05, 0.1) is 0 Å². The zero-order valence-electron chi connectivity index (χ0n) is 13.4. The van der Waals surface area contributed by atoms with Crippen molar-refractivity contribution in [1.29, 1.82) is 0 Å². The number of benzene rings is 2. The van der Waals surface area contributed by atoms with Crippen LogP contribution in [0.4, 0.5) is 0 Å². The molecule has 0 amide bonds. The van der Waals surface area contributed by atoms with E-state index in [4.69, 9.17) is 0 Å². The largest absolute Gasteiger partial charge is 0.293 e. The van der Waals surface area contributed by atoms with E-state index >= 15 is 0 Å². The van der Waals surface area contributed by atoms with Crippen LogP contribution in [0.5, 0.6) is 0 Å². The Hall–Kier alpha value is -1.89. The van der Waals surface area contributed by atoms with E-state index in [1.807, 2.05) is 37.3 Å². The Morgan fingerprint density at radius 2 is 1.71 bits per heavy atom. The molecule has 2 rings (SSSR count). The van der Waals surface area contributed by atoms with Crippen molar-refractivity contribution in [3.63, 3.8) is 0 Å². The van der Waals surface area contributed by atoms with Gasteiger partial charge in [-0.3, -0.25) is 4.79 Å². The lowest BCUT2D eigenvalue weighted by molar-refractivity contribution is 0.0931. The second-order valence-electron chi connectivity index (χ2n) is 5.96. The highest BCUT2D eigenvalue weighted by Gasteiger charge is 2.27. The molecule has 2 aromatic rings. The molecule has 0 aliphatic rings. The molecule has 1 heteroatoms. The van der Waals surface area contributed by atoms with Crippen LogP contribution in [0.25, 0.3) is 0 Å². The van der Waals surface area contributed by atoms with Gasteiger partial charge >= 0.3 is 0 Å². The Kier molecular flexibility index (Phi) is 4.95. The van der Waals surface area contributed by atoms with E-state index in [-0.39, 0.29) is 11.7 Å². The number of carbonyl (C=O) groups excluding carboxylic acids is 1. The van der Waals surface area contributed by atoms with E-state index in [9.17, 15) is 4.79 Å². The molecule has 0 saturated heterocycles. The van der Waals surface area contributed by atoms with Gasteiger partial charge in [0.15, 0.2) is 5.78 Å². The molecule has 0 bridgehead atoms. The fraction of sp³-hybridized carbons (Fsp3) is 0.350. The molecular formula is C20H24O. The van der Waals surface area contributed by atoms with E-state index in [1.165, 1.54) is 5.56 Å². The van der Waals surface area contributed by atoms with Gasteiger partial charge in [0.2, 0.25) is 0 Å². The van der Waals surface area contributed by atoms with Crippen molar-refractivity contribution in [3.8, 4) is 0 Å². The summed E-state index contributed by atoms with van der Waals surface area (Å²) in [5.74, 6) is 0.520. The smallest absolute Gasteiger partial charge is 0.170 e. The van der Waals surface area contributed by atoms with Gasteiger partial charge in [0.25, 0.3) is 0 Å². The lowest BCUT2D eigenvalue weighted by atomic mass is 9.79. The molecule has 110 valence electrons. The van der Waals surface area contributed by atoms with E-state index in [0.29, 0.717) is 5.92 Å². The molecule has 0 aromatic heterocycles. The number of Topliss-reactive ketones (excluding diaryl/α,β-unsaturated/α-hetero) is 1. The van der Waals surface area contributed by atoms with Crippen LogP contribution in [0.15, 0.2) is 48.5 Å². The second-order valence-corrected chi connectivity index (χ2v) is 5.96. The van der Waals surface area contributed by atoms with Crippen LogP contribution in [0.3, 0.4) is 0 Å². The molecule has 2 unspecified atom stereocenters. The zero-order valence-corrected chi connectivity index (χ0v) is 13.4. The molecule has 0 N–H and O–H groups in total. The molecule has 0 fully saturated rings. The average Bonchev–Trinajstić information content (AvgIpc) is 2.48. The minimum absolute atomic E-state index is 0.0578. The maximum absolute atomic E-state index is 13.1. The number of rotatable bonds is 5. The molecule has 0 spiro atoms. The molecule has 2 atom stereocenters. The summed E-state index contributed by atoms with van der Waals surface area (Å²) < 4.78 is 0. The predicted octanol–water partition coefficient (Wildman–Crippen LogP) is 5.32. The molecule has 0 saturated carbocycles. The molecule has 1 nitrogen and oxygen atoms in total. The van der Waals surface area contributed by atoms with Crippen LogP contribution >= 0.6 is 0 Å². The predicted molar refractivity (Wildman–Crippen MR) is 88.9 cm³/mol. The Balaban J connectivity index is 2.44. The summed E-state index contributed by atoms with van der Waals surface area (Å²) in [4.78, 5) is 13.1. The van der Waals surface area contributed by atoms with Crippen LogP contribution in [0, 0.1) is 19.8 Å². The first kappa shape index (κ1) is 15.5. The van der Waals surface area contributed by atoms with Crippen molar-refractivity contribution in [2.45, 2.75) is 40.0 Å². The Labute approximate surface area is 128 Å². The highest BCUT2D eigenvalue weighted by molar-refractivity contribution is 6.02. The van der Waals surface area contributed by atoms with Crippen molar-refractivity contribution in [1.82, 2.24) is 0 Å². The van der Waals surface area contributed by atoms with Crippen LogP contribution in [-0.4, -0.2) is 5.78 Å². The SMILES string of the molecule is CCC(C)C(C(=O)c1ccc(C)cc1C)c1ccccc1. The maximum atomic E-state index is 13.1. The third kappa shape index (κ3) is 3.41. The maximum Gasteiger partial charge on any atom is 0.170 e. The summed E-state index contributed by atoms with van der Waals surface area (Å²) in [6.07, 6.45) is 0.996. The van der Waals surface area contributed by atoms with Gasteiger partial charge in [-0.15, -0.1) is 0 Å². The van der Waals surface area contributed by atoms with Crippen molar-refractivity contribution in [3.05, 3.63) is 70.8 Å². The summed E-state index contributed by atoms with van der Waals surface area (Å²) in [6.45, 7) is 8.40. The van der Waals surface area contributed by atoms with Gasteiger partial charge in [0.1, 0.15) is 0 Å². The molecule has 0 heterocycles. The van der Waals surface area contributed by atoms with Gasteiger partial charge in [-0.05, 0) is 30.9 Å². The Bertz CT molecular complexity index is 613. The first-order valence-corrected chi connectivity index (χ1v) is 7.71. The van der Waals surface area contributed by atoms with Crippen LogP contribution in [0.2, 0.25) is 0 Å². The minimum atomic E-state index is -0.0578. The zero-order chi connectivity index (χ0) is 15.4. The summed E-state index contributed by atoms with van der Waals surface area (Å²) in [7, 11) is 0. The molecule has 0 aliphatic heterocycles. The normalized spacial score (nSPS) is 13.7. The topological polar surface area (TPSA) is 17.1 Å². The average molecular weight is 280 g/mol. The molecule has 0 aliphatic carbocycles. The van der Waals surface area contributed by atoms with Gasteiger partial charge in [0, 0.05) is 11.5 Å². The molecular weight excluding hydrogens is 256 g/mol. The number of aryl methyl sites for hydroxylation is 2. The Morgan fingerprint density at radius 3 is 2.29 bits per heavy atom. The molecule has 2 aromatic carbocycles. The second kappa shape index (κ2) is 6.71. The fourth-order valence-corrected chi connectivity index (χ4v) is 2.89. The monoisotopic (exact) mass is 280 g/mol. The number of hydrogen-bond acceptors (Lipinski definition) is 1. The van der Waals surface area contributed by atoms with Crippen LogP contribution in [-0.2, 0) is 0 Å². The molecule has 21 heavy (non-hydrogen) atoms. The first-order valence-electron chi connectivity index (χ1n) is 7.71. The minimum Gasteiger partial charge on any atom is -0.293 e. The lowest BCUT2D eigenvalue weighted by Crippen LogP contribution is -2.20. The number of ketones is 1. The fourth-order valence-electron chi connectivity index (χ4n) is 2.89. The summed E-state index contributed by atoms with van der Waals surface area (Å²) >= 11 is 0.